The van der Waals surface area contributed by atoms with E-state index in [0.717, 1.165) is 57.6 Å². The number of benzene rings is 2. The van der Waals surface area contributed by atoms with Crippen molar-refractivity contribution in [2.75, 3.05) is 51.1 Å². The highest BCUT2D eigenvalue weighted by atomic mass is 32.2. The van der Waals surface area contributed by atoms with Crippen molar-refractivity contribution in [3.63, 3.8) is 0 Å². The van der Waals surface area contributed by atoms with E-state index in [1.54, 1.807) is 7.11 Å². The molecule has 0 aliphatic carbocycles. The largest absolute Gasteiger partial charge is 0.497 e. The Balaban J connectivity index is 1.24. The summed E-state index contributed by atoms with van der Waals surface area (Å²) in [5.41, 5.74) is 2.56. The topological polar surface area (TPSA) is 42.0 Å². The summed E-state index contributed by atoms with van der Waals surface area (Å²) in [6.45, 7) is 7.16. The average Bonchev–Trinajstić information content (AvgIpc) is 2.95. The zero-order valence-electron chi connectivity index (χ0n) is 23.4. The standard InChI is InChI=1S/C31H44N2O3S2/c1-4-5-6-7-12-30(34)36-22-17-24-15-20-32(21-16-24)18-9-19-33-26-10-8-11-29(37-3)31(26)38-28-14-13-25(35-2)23-27(28)33/h8,10-11,13-14,23-24H,4-7,9,12,15-22H2,1-3H3. The van der Waals surface area contributed by atoms with Crippen LogP contribution >= 0.6 is 23.5 Å². The van der Waals surface area contributed by atoms with Gasteiger partial charge in [-0.25, -0.2) is 0 Å². The number of methoxy groups -OCH3 is 1. The summed E-state index contributed by atoms with van der Waals surface area (Å²) in [5, 5.41) is 0. The van der Waals surface area contributed by atoms with E-state index >= 15 is 0 Å². The third-order valence-electron chi connectivity index (χ3n) is 7.72. The molecule has 0 spiro atoms. The molecule has 0 unspecified atom stereocenters. The molecule has 0 saturated carbocycles. The first-order valence-electron chi connectivity index (χ1n) is 14.3. The summed E-state index contributed by atoms with van der Waals surface area (Å²) < 4.78 is 11.1. The molecule has 0 bridgehead atoms. The first kappa shape index (κ1) is 29.2. The number of ether oxygens (including phenoxy) is 2. The van der Waals surface area contributed by atoms with Gasteiger partial charge in [0.25, 0.3) is 0 Å². The number of rotatable bonds is 14. The Morgan fingerprint density at radius 2 is 1.89 bits per heavy atom. The Morgan fingerprint density at radius 3 is 2.66 bits per heavy atom. The second-order valence-corrected chi connectivity index (χ2v) is 12.3. The van der Waals surface area contributed by atoms with Crippen molar-refractivity contribution in [1.82, 2.24) is 4.90 Å². The number of nitrogens with zero attached hydrogens (tertiary/aromatic N) is 2. The number of anilines is 2. The van der Waals surface area contributed by atoms with Gasteiger partial charge in [-0.1, -0.05) is 44.0 Å². The molecule has 5 nitrogen and oxygen atoms in total. The lowest BCUT2D eigenvalue weighted by atomic mass is 9.94. The van der Waals surface area contributed by atoms with Gasteiger partial charge in [-0.15, -0.1) is 11.8 Å². The van der Waals surface area contributed by atoms with Crippen LogP contribution in [0.25, 0.3) is 0 Å². The fraction of sp³-hybridized carbons (Fsp3) is 0.581. The second kappa shape index (κ2) is 15.1. The molecule has 2 aliphatic heterocycles. The number of thioether (sulfide) groups is 1. The number of hydrogen-bond donors (Lipinski definition) is 0. The molecule has 0 N–H and O–H groups in total. The quantitative estimate of drug-likeness (QED) is 0.133. The van der Waals surface area contributed by atoms with Crippen LogP contribution in [0.1, 0.15) is 64.7 Å². The minimum atomic E-state index is -0.0138. The molecule has 7 heteroatoms. The summed E-state index contributed by atoms with van der Waals surface area (Å²) in [6.07, 6.45) is 11.8. The van der Waals surface area contributed by atoms with Crippen molar-refractivity contribution in [2.24, 2.45) is 5.92 Å². The van der Waals surface area contributed by atoms with Gasteiger partial charge >= 0.3 is 5.97 Å². The van der Waals surface area contributed by atoms with E-state index in [0.29, 0.717) is 18.9 Å². The number of unbranched alkanes of at least 4 members (excludes halogenated alkanes) is 3. The molecule has 208 valence electrons. The van der Waals surface area contributed by atoms with Crippen molar-refractivity contribution in [2.45, 2.75) is 79.4 Å². The maximum Gasteiger partial charge on any atom is 0.305 e. The van der Waals surface area contributed by atoms with Crippen molar-refractivity contribution in [3.8, 4) is 5.75 Å². The lowest BCUT2D eigenvalue weighted by Gasteiger charge is -2.35. The Bertz CT molecular complexity index is 1040. The van der Waals surface area contributed by atoms with Gasteiger partial charge in [-0.2, -0.15) is 0 Å². The number of hydrogen-bond acceptors (Lipinski definition) is 7. The molecule has 2 aliphatic rings. The SMILES string of the molecule is CCCCCCC(=O)OCCC1CCN(CCCN2c3cc(OC)ccc3Sc3c(SC)cccc32)CC1. The first-order chi connectivity index (χ1) is 18.6. The van der Waals surface area contributed by atoms with Crippen molar-refractivity contribution in [1.29, 1.82) is 0 Å². The van der Waals surface area contributed by atoms with Gasteiger partial charge in [0.2, 0.25) is 0 Å². The zero-order valence-corrected chi connectivity index (χ0v) is 25.0. The predicted octanol–water partition coefficient (Wildman–Crippen LogP) is 8.03. The van der Waals surface area contributed by atoms with Gasteiger partial charge in [-0.3, -0.25) is 4.79 Å². The molecule has 2 aromatic rings. The monoisotopic (exact) mass is 556 g/mol. The average molecular weight is 557 g/mol. The summed E-state index contributed by atoms with van der Waals surface area (Å²) in [6, 6.07) is 13.1. The van der Waals surface area contributed by atoms with Gasteiger partial charge in [0.1, 0.15) is 5.75 Å². The van der Waals surface area contributed by atoms with Gasteiger partial charge < -0.3 is 19.3 Å². The van der Waals surface area contributed by atoms with E-state index in [-0.39, 0.29) is 5.97 Å². The second-order valence-electron chi connectivity index (χ2n) is 10.4. The van der Waals surface area contributed by atoms with Crippen LogP contribution in [-0.4, -0.2) is 57.0 Å². The van der Waals surface area contributed by atoms with E-state index in [1.165, 1.54) is 51.7 Å². The number of piperidine rings is 1. The summed E-state index contributed by atoms with van der Waals surface area (Å²) >= 11 is 3.69. The molecule has 2 aromatic carbocycles. The third kappa shape index (κ3) is 7.86. The summed E-state index contributed by atoms with van der Waals surface area (Å²) in [7, 11) is 1.74. The minimum Gasteiger partial charge on any atom is -0.497 e. The maximum atomic E-state index is 11.9. The lowest BCUT2D eigenvalue weighted by molar-refractivity contribution is -0.144. The fourth-order valence-electron chi connectivity index (χ4n) is 5.44. The van der Waals surface area contributed by atoms with Crippen LogP contribution in [0.4, 0.5) is 11.4 Å². The summed E-state index contributed by atoms with van der Waals surface area (Å²) in [4.78, 5) is 21.0. The predicted molar refractivity (Wildman–Crippen MR) is 160 cm³/mol. The van der Waals surface area contributed by atoms with E-state index in [1.807, 2.05) is 23.5 Å². The zero-order chi connectivity index (χ0) is 26.7. The normalized spacial score (nSPS) is 15.7. The van der Waals surface area contributed by atoms with Crippen LogP contribution in [0, 0.1) is 5.92 Å². The first-order valence-corrected chi connectivity index (χ1v) is 16.4. The molecule has 1 fully saturated rings. The number of fused-ring (bicyclic) bond motifs is 2. The highest BCUT2D eigenvalue weighted by Crippen LogP contribution is 2.52. The number of carbonyl (C=O) groups is 1. The van der Waals surface area contributed by atoms with E-state index in [4.69, 9.17) is 9.47 Å². The molecule has 1 saturated heterocycles. The smallest absolute Gasteiger partial charge is 0.305 e. The molecule has 38 heavy (non-hydrogen) atoms. The Hall–Kier alpha value is -1.83. The van der Waals surface area contributed by atoms with Crippen LogP contribution in [0.5, 0.6) is 5.75 Å². The fourth-order valence-corrected chi connectivity index (χ4v) is 7.40. The Kier molecular flexibility index (Phi) is 11.6. The van der Waals surface area contributed by atoms with Gasteiger partial charge in [0.15, 0.2) is 0 Å². The van der Waals surface area contributed by atoms with Crippen LogP contribution in [0.15, 0.2) is 51.1 Å². The van der Waals surface area contributed by atoms with E-state index < -0.39 is 0 Å². The van der Waals surface area contributed by atoms with Gasteiger partial charge in [-0.05, 0) is 88.2 Å². The molecule has 4 rings (SSSR count). The van der Waals surface area contributed by atoms with Crippen LogP contribution < -0.4 is 9.64 Å². The molecule has 0 amide bonds. The molecule has 0 atom stereocenters. The number of carbonyl (C=O) groups excluding carboxylic acids is 1. The molecular weight excluding hydrogens is 512 g/mol. The van der Waals surface area contributed by atoms with E-state index in [2.05, 4.69) is 59.4 Å². The van der Waals surface area contributed by atoms with Gasteiger partial charge in [0.05, 0.1) is 25.1 Å². The van der Waals surface area contributed by atoms with Crippen molar-refractivity contribution in [3.05, 3.63) is 36.4 Å². The van der Waals surface area contributed by atoms with Crippen LogP contribution in [0.2, 0.25) is 0 Å². The molecule has 0 radical (unpaired) electrons. The van der Waals surface area contributed by atoms with Crippen molar-refractivity contribution < 1.29 is 14.3 Å². The summed E-state index contributed by atoms with van der Waals surface area (Å²) in [5.74, 6) is 1.57. The highest BCUT2D eigenvalue weighted by Gasteiger charge is 2.26. The maximum absolute atomic E-state index is 11.9. The molecule has 2 heterocycles. The lowest BCUT2D eigenvalue weighted by Crippen LogP contribution is -2.36. The molecular formula is C31H44N2O3S2. The van der Waals surface area contributed by atoms with Crippen molar-refractivity contribution >= 4 is 40.9 Å². The van der Waals surface area contributed by atoms with E-state index in [9.17, 15) is 4.79 Å². The highest BCUT2D eigenvalue weighted by molar-refractivity contribution is 8.02. The minimum absolute atomic E-state index is 0.0138. The Morgan fingerprint density at radius 1 is 1.05 bits per heavy atom. The van der Waals surface area contributed by atoms with Gasteiger partial charge in [0, 0.05) is 33.7 Å². The Labute approximate surface area is 238 Å². The van der Waals surface area contributed by atoms with Crippen LogP contribution in [-0.2, 0) is 9.53 Å². The number of likely N-dealkylation sites (tertiary alicyclic amines) is 1. The number of esters is 1. The van der Waals surface area contributed by atoms with Crippen LogP contribution in [0.3, 0.4) is 0 Å². The molecule has 0 aromatic heterocycles. The third-order valence-corrected chi connectivity index (χ3v) is 9.83.